The minimum absolute atomic E-state index is 0. The van der Waals surface area contributed by atoms with Gasteiger partial charge in [-0.05, 0) is 36.1 Å². The quantitative estimate of drug-likeness (QED) is 0.721. The van der Waals surface area contributed by atoms with E-state index in [2.05, 4.69) is 73.0 Å². The molecule has 0 atom stereocenters. The zero-order valence-corrected chi connectivity index (χ0v) is 13.7. The molecule has 2 rings (SSSR count). The van der Waals surface area contributed by atoms with E-state index in [0.29, 0.717) is 0 Å². The van der Waals surface area contributed by atoms with Gasteiger partial charge < -0.3 is 10.6 Å². The second kappa shape index (κ2) is 9.30. The summed E-state index contributed by atoms with van der Waals surface area (Å²) in [6, 6.07) is 17.0. The molecule has 3 heteroatoms. The van der Waals surface area contributed by atoms with Crippen molar-refractivity contribution in [2.45, 2.75) is 26.7 Å². The first-order chi connectivity index (χ1) is 9.85. The van der Waals surface area contributed by atoms with Crippen molar-refractivity contribution >= 4 is 23.8 Å². The second-order valence-electron chi connectivity index (χ2n) is 4.87. The molecule has 0 aliphatic heterocycles. The maximum absolute atomic E-state index is 3.51. The predicted molar refractivity (Wildman–Crippen MR) is 95.9 cm³/mol. The zero-order valence-electron chi connectivity index (χ0n) is 12.9. The van der Waals surface area contributed by atoms with Crippen LogP contribution in [0.15, 0.2) is 48.5 Å². The second-order valence-corrected chi connectivity index (χ2v) is 4.87. The Labute approximate surface area is 134 Å². The Kier molecular flexibility index (Phi) is 7.70. The number of aryl methyl sites for hydroxylation is 2. The van der Waals surface area contributed by atoms with Gasteiger partial charge in [0.25, 0.3) is 0 Å². The molecule has 0 radical (unpaired) electrons. The highest BCUT2D eigenvalue weighted by molar-refractivity contribution is 5.85. The number of rotatable bonds is 7. The molecule has 0 fully saturated rings. The van der Waals surface area contributed by atoms with E-state index in [1.165, 1.54) is 22.5 Å². The lowest BCUT2D eigenvalue weighted by Crippen LogP contribution is -2.15. The van der Waals surface area contributed by atoms with Crippen LogP contribution in [-0.4, -0.2) is 13.1 Å². The highest BCUT2D eigenvalue weighted by atomic mass is 35.5. The van der Waals surface area contributed by atoms with E-state index in [-0.39, 0.29) is 12.4 Å². The van der Waals surface area contributed by atoms with Crippen molar-refractivity contribution in [3.8, 4) is 0 Å². The molecule has 0 aromatic heterocycles. The van der Waals surface area contributed by atoms with Gasteiger partial charge in [0.15, 0.2) is 0 Å². The van der Waals surface area contributed by atoms with Gasteiger partial charge in [0.05, 0.1) is 0 Å². The summed E-state index contributed by atoms with van der Waals surface area (Å²) in [5, 5.41) is 7.02. The molecule has 2 aromatic carbocycles. The van der Waals surface area contributed by atoms with Crippen LogP contribution in [0.3, 0.4) is 0 Å². The molecular weight excluding hydrogens is 280 g/mol. The van der Waals surface area contributed by atoms with Crippen molar-refractivity contribution in [3.63, 3.8) is 0 Å². The fraction of sp³-hybridized carbons (Fsp3) is 0.333. The summed E-state index contributed by atoms with van der Waals surface area (Å²) in [6.45, 7) is 6.23. The van der Waals surface area contributed by atoms with Crippen molar-refractivity contribution < 1.29 is 0 Å². The average Bonchev–Trinajstić information content (AvgIpc) is 2.52. The van der Waals surface area contributed by atoms with Gasteiger partial charge in [0.1, 0.15) is 0 Å². The summed E-state index contributed by atoms with van der Waals surface area (Å²) in [4.78, 5) is 0. The molecule has 0 amide bonds. The van der Waals surface area contributed by atoms with Gasteiger partial charge >= 0.3 is 0 Å². The third-order valence-corrected chi connectivity index (χ3v) is 3.55. The molecule has 2 N–H and O–H groups in total. The molecule has 0 saturated heterocycles. The summed E-state index contributed by atoms with van der Waals surface area (Å²) in [5.74, 6) is 0. The first kappa shape index (κ1) is 17.4. The molecule has 0 aliphatic rings. The number of anilines is 2. The van der Waals surface area contributed by atoms with Crippen molar-refractivity contribution in [2.75, 3.05) is 23.7 Å². The first-order valence-electron chi connectivity index (χ1n) is 7.48. The van der Waals surface area contributed by atoms with Crippen molar-refractivity contribution in [2.24, 2.45) is 0 Å². The van der Waals surface area contributed by atoms with Gasteiger partial charge in [-0.25, -0.2) is 0 Å². The van der Waals surface area contributed by atoms with E-state index in [1.807, 2.05) is 0 Å². The summed E-state index contributed by atoms with van der Waals surface area (Å²) >= 11 is 0. The molecule has 0 spiro atoms. The molecule has 114 valence electrons. The summed E-state index contributed by atoms with van der Waals surface area (Å²) in [5.41, 5.74) is 5.25. The Hall–Kier alpha value is -1.67. The monoisotopic (exact) mass is 304 g/mol. The molecule has 0 unspecified atom stereocenters. The molecule has 2 aromatic rings. The van der Waals surface area contributed by atoms with E-state index in [1.54, 1.807) is 0 Å². The van der Waals surface area contributed by atoms with E-state index in [4.69, 9.17) is 0 Å². The van der Waals surface area contributed by atoms with E-state index in [9.17, 15) is 0 Å². The third-order valence-electron chi connectivity index (χ3n) is 3.55. The summed E-state index contributed by atoms with van der Waals surface area (Å²) < 4.78 is 0. The maximum Gasteiger partial charge on any atom is 0.0373 e. The average molecular weight is 305 g/mol. The highest BCUT2D eigenvalue weighted by Crippen LogP contribution is 2.16. The number of nitrogens with one attached hydrogen (secondary N) is 2. The molecule has 21 heavy (non-hydrogen) atoms. The molecule has 0 aliphatic carbocycles. The Balaban J connectivity index is 0.00000220. The first-order valence-corrected chi connectivity index (χ1v) is 7.48. The summed E-state index contributed by atoms with van der Waals surface area (Å²) in [6.07, 6.45) is 2.13. The lowest BCUT2D eigenvalue weighted by molar-refractivity contribution is 1.04. The number of benzene rings is 2. The molecular formula is C18H25ClN2. The van der Waals surface area contributed by atoms with Crippen LogP contribution in [0.5, 0.6) is 0 Å². The Morgan fingerprint density at radius 1 is 0.667 bits per heavy atom. The van der Waals surface area contributed by atoms with Crippen LogP contribution in [0.1, 0.15) is 25.0 Å². The number of hydrogen-bond acceptors (Lipinski definition) is 2. The molecule has 0 saturated carbocycles. The van der Waals surface area contributed by atoms with Gasteiger partial charge in [-0.2, -0.15) is 0 Å². The minimum Gasteiger partial charge on any atom is -0.383 e. The standard InChI is InChI=1S/C18H24N2.ClH/c1-3-15-9-5-7-11-17(15)19-13-14-20-18-12-8-6-10-16(18)4-2;/h5-12,19-20H,3-4,13-14H2,1-2H3;1H. The minimum atomic E-state index is 0. The lowest BCUT2D eigenvalue weighted by atomic mass is 10.1. The van der Waals surface area contributed by atoms with Crippen molar-refractivity contribution in [1.29, 1.82) is 0 Å². The molecule has 0 heterocycles. The van der Waals surface area contributed by atoms with Crippen LogP contribution in [0, 0.1) is 0 Å². The van der Waals surface area contributed by atoms with Crippen molar-refractivity contribution in [3.05, 3.63) is 59.7 Å². The Morgan fingerprint density at radius 2 is 1.05 bits per heavy atom. The van der Waals surface area contributed by atoms with Crippen LogP contribution >= 0.6 is 12.4 Å². The number of hydrogen-bond donors (Lipinski definition) is 2. The van der Waals surface area contributed by atoms with Gasteiger partial charge in [0, 0.05) is 24.5 Å². The van der Waals surface area contributed by atoms with E-state index in [0.717, 1.165) is 25.9 Å². The maximum atomic E-state index is 3.51. The van der Waals surface area contributed by atoms with Crippen LogP contribution in [0.25, 0.3) is 0 Å². The lowest BCUT2D eigenvalue weighted by Gasteiger charge is -2.13. The third kappa shape index (κ3) is 4.98. The number of para-hydroxylation sites is 2. The van der Waals surface area contributed by atoms with Gasteiger partial charge in [-0.3, -0.25) is 0 Å². The van der Waals surface area contributed by atoms with Crippen LogP contribution < -0.4 is 10.6 Å². The Bertz CT molecular complexity index is 491. The fourth-order valence-corrected chi connectivity index (χ4v) is 2.40. The molecule has 0 bridgehead atoms. The number of halogens is 1. The highest BCUT2D eigenvalue weighted by Gasteiger charge is 2.00. The fourth-order valence-electron chi connectivity index (χ4n) is 2.40. The van der Waals surface area contributed by atoms with Crippen molar-refractivity contribution in [1.82, 2.24) is 0 Å². The predicted octanol–water partition coefficient (Wildman–Crippen LogP) is 4.76. The van der Waals surface area contributed by atoms with Crippen LogP contribution in [0.2, 0.25) is 0 Å². The van der Waals surface area contributed by atoms with Gasteiger partial charge in [-0.15, -0.1) is 12.4 Å². The topological polar surface area (TPSA) is 24.1 Å². The SMILES string of the molecule is CCc1ccccc1NCCNc1ccccc1CC.Cl. The molecule has 2 nitrogen and oxygen atoms in total. The summed E-state index contributed by atoms with van der Waals surface area (Å²) in [7, 11) is 0. The normalized spacial score (nSPS) is 9.81. The van der Waals surface area contributed by atoms with E-state index >= 15 is 0 Å². The van der Waals surface area contributed by atoms with Gasteiger partial charge in [-0.1, -0.05) is 50.2 Å². The largest absolute Gasteiger partial charge is 0.383 e. The van der Waals surface area contributed by atoms with Gasteiger partial charge in [0.2, 0.25) is 0 Å². The zero-order chi connectivity index (χ0) is 14.2. The van der Waals surface area contributed by atoms with Crippen LogP contribution in [-0.2, 0) is 12.8 Å². The Morgan fingerprint density at radius 3 is 1.43 bits per heavy atom. The van der Waals surface area contributed by atoms with Crippen LogP contribution in [0.4, 0.5) is 11.4 Å². The van der Waals surface area contributed by atoms with E-state index < -0.39 is 0 Å². The smallest absolute Gasteiger partial charge is 0.0373 e.